The molecule has 2 rings (SSSR count). The van der Waals surface area contributed by atoms with E-state index in [9.17, 15) is 14.7 Å². The summed E-state index contributed by atoms with van der Waals surface area (Å²) in [6.07, 6.45) is -0.338. The highest BCUT2D eigenvalue weighted by Gasteiger charge is 2.31. The first-order valence-corrected chi connectivity index (χ1v) is 6.07. The summed E-state index contributed by atoms with van der Waals surface area (Å²) in [7, 11) is 0. The molecule has 1 atom stereocenters. The molecule has 0 aromatic heterocycles. The predicted octanol–water partition coefficient (Wildman–Crippen LogP) is 2.69. The molecule has 96 valence electrons. The van der Waals surface area contributed by atoms with E-state index in [1.165, 1.54) is 4.90 Å². The molecular formula is C14H17NO3. The molecular weight excluding hydrogens is 230 g/mol. The van der Waals surface area contributed by atoms with Crippen LogP contribution < -0.4 is 0 Å². The minimum atomic E-state index is -0.952. The Bertz CT molecular complexity index is 476. The number of Topliss-reactive ketones (excluding diaryl/α,β-unsaturated/α-hetero) is 1. The molecule has 1 saturated heterocycles. The number of ketones is 1. The van der Waals surface area contributed by atoms with Crippen LogP contribution in [0.15, 0.2) is 18.2 Å². The molecule has 0 spiro atoms. The van der Waals surface area contributed by atoms with Crippen molar-refractivity contribution in [2.24, 2.45) is 0 Å². The second-order valence-corrected chi connectivity index (χ2v) is 4.91. The van der Waals surface area contributed by atoms with Gasteiger partial charge in [-0.15, -0.1) is 0 Å². The van der Waals surface area contributed by atoms with E-state index in [1.807, 2.05) is 32.0 Å². The molecule has 0 bridgehead atoms. The Morgan fingerprint density at radius 1 is 1.28 bits per heavy atom. The van der Waals surface area contributed by atoms with E-state index in [2.05, 4.69) is 0 Å². The van der Waals surface area contributed by atoms with Crippen molar-refractivity contribution in [1.29, 1.82) is 0 Å². The minimum Gasteiger partial charge on any atom is -0.465 e. The summed E-state index contributed by atoms with van der Waals surface area (Å²) in [6.45, 7) is 4.25. The Labute approximate surface area is 106 Å². The summed E-state index contributed by atoms with van der Waals surface area (Å²) in [6, 6.07) is 5.64. The number of amides is 1. The van der Waals surface area contributed by atoms with Gasteiger partial charge in [0.25, 0.3) is 0 Å². The average molecular weight is 247 g/mol. The lowest BCUT2D eigenvalue weighted by molar-refractivity contribution is -0.122. The molecule has 1 unspecified atom stereocenters. The first-order chi connectivity index (χ1) is 8.47. The number of benzene rings is 1. The van der Waals surface area contributed by atoms with Gasteiger partial charge in [0.15, 0.2) is 0 Å². The minimum absolute atomic E-state index is 0.136. The van der Waals surface area contributed by atoms with Crippen LogP contribution in [0.3, 0.4) is 0 Å². The maximum atomic E-state index is 11.6. The van der Waals surface area contributed by atoms with Crippen LogP contribution in [0.2, 0.25) is 0 Å². The predicted molar refractivity (Wildman–Crippen MR) is 67.6 cm³/mol. The van der Waals surface area contributed by atoms with E-state index in [4.69, 9.17) is 0 Å². The number of hydrogen-bond acceptors (Lipinski definition) is 2. The fourth-order valence-electron chi connectivity index (χ4n) is 2.56. The van der Waals surface area contributed by atoms with Gasteiger partial charge >= 0.3 is 6.09 Å². The van der Waals surface area contributed by atoms with Gasteiger partial charge < -0.3 is 10.0 Å². The van der Waals surface area contributed by atoms with E-state index in [-0.39, 0.29) is 18.2 Å². The molecule has 18 heavy (non-hydrogen) atoms. The number of carbonyl (C=O) groups is 2. The van der Waals surface area contributed by atoms with Crippen molar-refractivity contribution >= 4 is 11.9 Å². The van der Waals surface area contributed by atoms with Gasteiger partial charge in [0.1, 0.15) is 5.78 Å². The second-order valence-electron chi connectivity index (χ2n) is 4.91. The van der Waals surface area contributed by atoms with Crippen LogP contribution in [-0.2, 0) is 4.79 Å². The van der Waals surface area contributed by atoms with Gasteiger partial charge in [0, 0.05) is 19.4 Å². The second kappa shape index (κ2) is 4.80. The van der Waals surface area contributed by atoms with E-state index in [1.54, 1.807) is 0 Å². The number of aryl methyl sites for hydroxylation is 2. The lowest BCUT2D eigenvalue weighted by Gasteiger charge is -2.33. The fraction of sp³-hybridized carbons (Fsp3) is 0.429. The number of piperidine rings is 1. The molecule has 1 aliphatic rings. The zero-order valence-electron chi connectivity index (χ0n) is 10.6. The third-order valence-electron chi connectivity index (χ3n) is 3.30. The van der Waals surface area contributed by atoms with Crippen LogP contribution in [0.1, 0.15) is 35.6 Å². The van der Waals surface area contributed by atoms with Crippen LogP contribution in [0, 0.1) is 13.8 Å². The normalized spacial score (nSPS) is 20.0. The lowest BCUT2D eigenvalue weighted by atomic mass is 9.92. The smallest absolute Gasteiger partial charge is 0.407 e. The van der Waals surface area contributed by atoms with Crippen molar-refractivity contribution in [2.75, 3.05) is 6.54 Å². The molecule has 1 aromatic carbocycles. The first-order valence-electron chi connectivity index (χ1n) is 6.07. The first kappa shape index (κ1) is 12.6. The number of likely N-dealkylation sites (tertiary alicyclic amines) is 1. The molecule has 0 aliphatic carbocycles. The van der Waals surface area contributed by atoms with Gasteiger partial charge in [-0.3, -0.25) is 4.79 Å². The molecule has 1 aromatic rings. The zero-order chi connectivity index (χ0) is 13.3. The Morgan fingerprint density at radius 3 is 2.44 bits per heavy atom. The topological polar surface area (TPSA) is 57.6 Å². The Morgan fingerprint density at radius 2 is 1.89 bits per heavy atom. The molecule has 1 aliphatic heterocycles. The SMILES string of the molecule is Cc1cc(C)cc(C2CC(=O)CCN2C(=O)O)c1. The van der Waals surface area contributed by atoms with Crippen molar-refractivity contribution in [3.63, 3.8) is 0 Å². The van der Waals surface area contributed by atoms with Gasteiger partial charge in [-0.25, -0.2) is 4.79 Å². The molecule has 4 heteroatoms. The molecule has 1 N–H and O–H groups in total. The monoisotopic (exact) mass is 247 g/mol. The van der Waals surface area contributed by atoms with E-state index < -0.39 is 6.09 Å². The highest BCUT2D eigenvalue weighted by Crippen LogP contribution is 2.30. The largest absolute Gasteiger partial charge is 0.465 e. The number of hydrogen-bond donors (Lipinski definition) is 1. The molecule has 0 radical (unpaired) electrons. The molecule has 0 saturated carbocycles. The average Bonchev–Trinajstić information content (AvgIpc) is 2.27. The lowest BCUT2D eigenvalue weighted by Crippen LogP contribution is -2.40. The number of rotatable bonds is 1. The van der Waals surface area contributed by atoms with E-state index >= 15 is 0 Å². The maximum absolute atomic E-state index is 11.6. The van der Waals surface area contributed by atoms with Gasteiger partial charge in [-0.05, 0) is 19.4 Å². The van der Waals surface area contributed by atoms with Gasteiger partial charge in [0.2, 0.25) is 0 Å². The summed E-state index contributed by atoms with van der Waals surface area (Å²) in [4.78, 5) is 24.2. The summed E-state index contributed by atoms with van der Waals surface area (Å²) in [5.41, 5.74) is 3.10. The summed E-state index contributed by atoms with van der Waals surface area (Å²) >= 11 is 0. The standard InChI is InChI=1S/C14H17NO3/c1-9-5-10(2)7-11(6-9)13-8-12(16)3-4-15(13)14(17)18/h5-7,13H,3-4,8H2,1-2H3,(H,17,18). The Balaban J connectivity index is 2.37. The van der Waals surface area contributed by atoms with E-state index in [0.29, 0.717) is 13.0 Å². The Hall–Kier alpha value is -1.84. The molecule has 1 fully saturated rings. The highest BCUT2D eigenvalue weighted by molar-refractivity contribution is 5.82. The molecule has 4 nitrogen and oxygen atoms in total. The zero-order valence-corrected chi connectivity index (χ0v) is 10.6. The van der Waals surface area contributed by atoms with Crippen molar-refractivity contribution < 1.29 is 14.7 Å². The Kier molecular flexibility index (Phi) is 3.36. The fourth-order valence-corrected chi connectivity index (χ4v) is 2.56. The van der Waals surface area contributed by atoms with Crippen LogP contribution in [0.5, 0.6) is 0 Å². The molecule has 1 amide bonds. The van der Waals surface area contributed by atoms with Crippen molar-refractivity contribution in [3.8, 4) is 0 Å². The summed E-state index contributed by atoms with van der Waals surface area (Å²) in [5.74, 6) is 0.136. The van der Waals surface area contributed by atoms with Crippen molar-refractivity contribution in [2.45, 2.75) is 32.7 Å². The number of carbonyl (C=O) groups excluding carboxylic acids is 1. The molecule has 1 heterocycles. The van der Waals surface area contributed by atoms with Gasteiger partial charge in [-0.2, -0.15) is 0 Å². The summed E-state index contributed by atoms with van der Waals surface area (Å²) in [5, 5.41) is 9.21. The quantitative estimate of drug-likeness (QED) is 0.830. The number of carboxylic acid groups (broad SMARTS) is 1. The van der Waals surface area contributed by atoms with Crippen LogP contribution in [0.25, 0.3) is 0 Å². The number of nitrogens with zero attached hydrogens (tertiary/aromatic N) is 1. The van der Waals surface area contributed by atoms with Crippen LogP contribution >= 0.6 is 0 Å². The van der Waals surface area contributed by atoms with Crippen molar-refractivity contribution in [3.05, 3.63) is 34.9 Å². The third-order valence-corrected chi connectivity index (χ3v) is 3.30. The van der Waals surface area contributed by atoms with Crippen molar-refractivity contribution in [1.82, 2.24) is 4.90 Å². The third kappa shape index (κ3) is 2.53. The highest BCUT2D eigenvalue weighted by atomic mass is 16.4. The van der Waals surface area contributed by atoms with Gasteiger partial charge in [-0.1, -0.05) is 29.3 Å². The van der Waals surface area contributed by atoms with E-state index in [0.717, 1.165) is 16.7 Å². The summed E-state index contributed by atoms with van der Waals surface area (Å²) < 4.78 is 0. The maximum Gasteiger partial charge on any atom is 0.407 e. The van der Waals surface area contributed by atoms with Gasteiger partial charge in [0.05, 0.1) is 6.04 Å². The van der Waals surface area contributed by atoms with Crippen LogP contribution in [0.4, 0.5) is 4.79 Å². The van der Waals surface area contributed by atoms with Crippen LogP contribution in [-0.4, -0.2) is 28.4 Å².